The van der Waals surface area contributed by atoms with E-state index in [0.29, 0.717) is 5.82 Å². The van der Waals surface area contributed by atoms with E-state index >= 15 is 0 Å². The molecule has 1 aromatic heterocycles. The number of anilines is 3. The van der Waals surface area contributed by atoms with E-state index in [1.54, 1.807) is 0 Å². The summed E-state index contributed by atoms with van der Waals surface area (Å²) in [5, 5.41) is 2.64. The Morgan fingerprint density at radius 2 is 1.71 bits per heavy atom. The monoisotopic (exact) mass is 299 g/mol. The average Bonchev–Trinajstić information content (AvgIpc) is 2.44. The minimum absolute atomic E-state index is 0.00330. The molecule has 2 aromatic rings. The first kappa shape index (κ1) is 15.0. The molecule has 4 N–H and O–H groups in total. The van der Waals surface area contributed by atoms with Crippen LogP contribution in [0, 0.1) is 17.5 Å². The van der Waals surface area contributed by atoms with Gasteiger partial charge in [0.1, 0.15) is 18.2 Å². The van der Waals surface area contributed by atoms with Gasteiger partial charge >= 0.3 is 0 Å². The average molecular weight is 299 g/mol. The molecule has 6 nitrogen and oxygen atoms in total. The summed E-state index contributed by atoms with van der Waals surface area (Å²) in [6.45, 7) is 0.121. The molecule has 0 atom stereocenters. The van der Waals surface area contributed by atoms with Crippen LogP contribution in [0.2, 0.25) is 0 Å². The summed E-state index contributed by atoms with van der Waals surface area (Å²) in [6, 6.07) is 3.04. The number of nitrogens with zero attached hydrogens (tertiary/aromatic N) is 2. The predicted octanol–water partition coefficient (Wildman–Crippen LogP) is 2.07. The smallest absolute Gasteiger partial charge is 0.194 e. The van der Waals surface area contributed by atoms with Gasteiger partial charge in [-0.05, 0) is 0 Å². The van der Waals surface area contributed by atoms with E-state index in [-0.39, 0.29) is 23.9 Å². The number of hydrazine groups is 1. The van der Waals surface area contributed by atoms with Crippen molar-refractivity contribution in [2.75, 3.05) is 17.9 Å². The fourth-order valence-electron chi connectivity index (χ4n) is 1.60. The Hall–Kier alpha value is -2.39. The number of methoxy groups -OCH3 is 1. The molecule has 1 heterocycles. The molecule has 0 aliphatic heterocycles. The first-order valence-electron chi connectivity index (χ1n) is 5.78. The number of ether oxygens (including phenoxy) is 1. The maximum absolute atomic E-state index is 13.1. The third-order valence-electron chi connectivity index (χ3n) is 2.45. The molecule has 112 valence electrons. The summed E-state index contributed by atoms with van der Waals surface area (Å²) in [7, 11) is 1.46. The van der Waals surface area contributed by atoms with E-state index < -0.39 is 17.5 Å². The number of nitrogen functional groups attached to an aromatic ring is 1. The Morgan fingerprint density at radius 1 is 1.10 bits per heavy atom. The van der Waals surface area contributed by atoms with Gasteiger partial charge in [0.2, 0.25) is 0 Å². The molecule has 2 rings (SSSR count). The van der Waals surface area contributed by atoms with Gasteiger partial charge in [-0.25, -0.2) is 29.0 Å². The van der Waals surface area contributed by atoms with Crippen molar-refractivity contribution in [3.8, 4) is 0 Å². The van der Waals surface area contributed by atoms with Crippen molar-refractivity contribution in [2.45, 2.75) is 6.61 Å². The molecule has 0 radical (unpaired) electrons. The maximum atomic E-state index is 13.1. The Balaban J connectivity index is 2.32. The van der Waals surface area contributed by atoms with Crippen LogP contribution in [0.1, 0.15) is 5.82 Å². The van der Waals surface area contributed by atoms with Gasteiger partial charge in [-0.3, -0.25) is 0 Å². The third kappa shape index (κ3) is 3.58. The van der Waals surface area contributed by atoms with Crippen LogP contribution in [0.3, 0.4) is 0 Å². The lowest BCUT2D eigenvalue weighted by molar-refractivity contribution is 0.178. The molecule has 0 aliphatic carbocycles. The second-order valence-electron chi connectivity index (χ2n) is 4.01. The van der Waals surface area contributed by atoms with Crippen LogP contribution in [0.25, 0.3) is 0 Å². The Morgan fingerprint density at radius 3 is 2.29 bits per heavy atom. The quantitative estimate of drug-likeness (QED) is 0.445. The number of benzene rings is 1. The second kappa shape index (κ2) is 6.37. The zero-order valence-electron chi connectivity index (χ0n) is 11.0. The summed E-state index contributed by atoms with van der Waals surface area (Å²) in [4.78, 5) is 8.08. The molecular formula is C12H12F3N5O. The fraction of sp³-hybridized carbons (Fsp3) is 0.167. The van der Waals surface area contributed by atoms with E-state index in [9.17, 15) is 13.2 Å². The number of nitrogens with one attached hydrogen (secondary N) is 2. The maximum Gasteiger partial charge on any atom is 0.194 e. The molecule has 0 unspecified atom stereocenters. The van der Waals surface area contributed by atoms with Gasteiger partial charge < -0.3 is 15.5 Å². The highest BCUT2D eigenvalue weighted by Gasteiger charge is 2.11. The lowest BCUT2D eigenvalue weighted by Gasteiger charge is -2.10. The van der Waals surface area contributed by atoms with Crippen LogP contribution < -0.4 is 16.6 Å². The highest BCUT2D eigenvalue weighted by atomic mass is 19.2. The number of halogens is 3. The standard InChI is InChI=1S/C12H12F3N5O/c1-21-5-11-18-9(4-10(19-11)20-16)17-6-2-7(13)12(15)8(14)3-6/h2-4H,5,16H2,1H3,(H2,17,18,19,20). The van der Waals surface area contributed by atoms with Crippen molar-refractivity contribution < 1.29 is 17.9 Å². The molecule has 0 saturated carbocycles. The normalized spacial score (nSPS) is 10.5. The minimum atomic E-state index is -1.53. The van der Waals surface area contributed by atoms with Gasteiger partial charge in [-0.2, -0.15) is 0 Å². The van der Waals surface area contributed by atoms with Crippen molar-refractivity contribution in [1.29, 1.82) is 0 Å². The van der Waals surface area contributed by atoms with E-state index in [4.69, 9.17) is 10.6 Å². The molecule has 21 heavy (non-hydrogen) atoms. The minimum Gasteiger partial charge on any atom is -0.377 e. The zero-order chi connectivity index (χ0) is 15.4. The molecule has 0 amide bonds. The topological polar surface area (TPSA) is 85.1 Å². The molecular weight excluding hydrogens is 287 g/mol. The third-order valence-corrected chi connectivity index (χ3v) is 2.45. The number of hydrogen-bond donors (Lipinski definition) is 3. The van der Waals surface area contributed by atoms with Crippen LogP contribution in [-0.2, 0) is 11.3 Å². The summed E-state index contributed by atoms with van der Waals surface area (Å²) in [6.07, 6.45) is 0. The van der Waals surface area contributed by atoms with Crippen LogP contribution in [0.4, 0.5) is 30.5 Å². The molecule has 0 saturated heterocycles. The van der Waals surface area contributed by atoms with Crippen LogP contribution in [0.5, 0.6) is 0 Å². The summed E-state index contributed by atoms with van der Waals surface area (Å²) >= 11 is 0. The van der Waals surface area contributed by atoms with Crippen molar-refractivity contribution >= 4 is 17.3 Å². The SMILES string of the molecule is COCc1nc(NN)cc(Nc2cc(F)c(F)c(F)c2)n1. The molecule has 1 aromatic carbocycles. The summed E-state index contributed by atoms with van der Waals surface area (Å²) < 4.78 is 44.1. The van der Waals surface area contributed by atoms with Gasteiger partial charge in [-0.15, -0.1) is 0 Å². The van der Waals surface area contributed by atoms with Crippen molar-refractivity contribution in [1.82, 2.24) is 9.97 Å². The van der Waals surface area contributed by atoms with E-state index in [1.165, 1.54) is 13.2 Å². The van der Waals surface area contributed by atoms with E-state index in [1.807, 2.05) is 0 Å². The van der Waals surface area contributed by atoms with Crippen LogP contribution >= 0.6 is 0 Å². The van der Waals surface area contributed by atoms with Crippen molar-refractivity contribution in [2.24, 2.45) is 5.84 Å². The fourth-order valence-corrected chi connectivity index (χ4v) is 1.60. The highest BCUT2D eigenvalue weighted by Crippen LogP contribution is 2.21. The van der Waals surface area contributed by atoms with Crippen molar-refractivity contribution in [3.63, 3.8) is 0 Å². The Bertz CT molecular complexity index is 630. The predicted molar refractivity (Wildman–Crippen MR) is 70.2 cm³/mol. The molecule has 0 fully saturated rings. The molecule has 0 aliphatic rings. The number of aromatic nitrogens is 2. The Labute approximate surface area is 118 Å². The van der Waals surface area contributed by atoms with E-state index in [2.05, 4.69) is 20.7 Å². The zero-order valence-corrected chi connectivity index (χ0v) is 11.0. The number of rotatable bonds is 5. The summed E-state index contributed by atoms with van der Waals surface area (Å²) in [5.74, 6) is 1.92. The van der Waals surface area contributed by atoms with Crippen LogP contribution in [-0.4, -0.2) is 17.1 Å². The number of hydrogen-bond acceptors (Lipinski definition) is 6. The summed E-state index contributed by atoms with van der Waals surface area (Å²) in [5.41, 5.74) is 2.33. The van der Waals surface area contributed by atoms with Gasteiger partial charge in [0, 0.05) is 31.0 Å². The van der Waals surface area contributed by atoms with Gasteiger partial charge in [-0.1, -0.05) is 0 Å². The lowest BCUT2D eigenvalue weighted by atomic mass is 10.3. The first-order valence-corrected chi connectivity index (χ1v) is 5.78. The van der Waals surface area contributed by atoms with Gasteiger partial charge in [0.05, 0.1) is 0 Å². The first-order chi connectivity index (χ1) is 10.0. The van der Waals surface area contributed by atoms with Crippen LogP contribution in [0.15, 0.2) is 18.2 Å². The molecule has 0 bridgehead atoms. The van der Waals surface area contributed by atoms with Gasteiger partial charge in [0.25, 0.3) is 0 Å². The lowest BCUT2D eigenvalue weighted by Crippen LogP contribution is -2.12. The van der Waals surface area contributed by atoms with E-state index in [0.717, 1.165) is 12.1 Å². The van der Waals surface area contributed by atoms with Crippen molar-refractivity contribution in [3.05, 3.63) is 41.5 Å². The Kier molecular flexibility index (Phi) is 4.55. The largest absolute Gasteiger partial charge is 0.377 e. The molecule has 9 heteroatoms. The number of nitrogens with two attached hydrogens (primary N) is 1. The highest BCUT2D eigenvalue weighted by molar-refractivity contribution is 5.59. The molecule has 0 spiro atoms. The second-order valence-corrected chi connectivity index (χ2v) is 4.01. The van der Waals surface area contributed by atoms with Gasteiger partial charge in [0.15, 0.2) is 23.3 Å².